The van der Waals surface area contributed by atoms with Crippen molar-refractivity contribution in [1.29, 1.82) is 5.26 Å². The van der Waals surface area contributed by atoms with Crippen molar-refractivity contribution < 1.29 is 23.8 Å². The topological polar surface area (TPSA) is 97.6 Å². The third kappa shape index (κ3) is 6.91. The number of nitrogens with zero attached hydrogens (tertiary/aromatic N) is 1. The number of esters is 1. The molecule has 0 aromatic heterocycles. The number of nitriles is 1. The Labute approximate surface area is 231 Å². The number of benzene rings is 3. The number of carbonyl (C=O) groups excluding carboxylic acids is 2. The molecule has 3 aromatic rings. The third-order valence-corrected chi connectivity index (χ3v) is 6.25. The molecule has 3 aromatic carbocycles. The van der Waals surface area contributed by atoms with Gasteiger partial charge in [-0.1, -0.05) is 23.2 Å². The number of anilines is 1. The van der Waals surface area contributed by atoms with E-state index in [4.69, 9.17) is 37.4 Å². The van der Waals surface area contributed by atoms with Gasteiger partial charge in [-0.15, -0.1) is 0 Å². The summed E-state index contributed by atoms with van der Waals surface area (Å²) in [6, 6.07) is 16.3. The quantitative estimate of drug-likeness (QED) is 0.0964. The van der Waals surface area contributed by atoms with E-state index in [0.29, 0.717) is 43.5 Å². The number of hydrogen-bond donors (Lipinski definition) is 1. The first-order valence-corrected chi connectivity index (χ1v) is 12.3. The second-order valence-electron chi connectivity index (χ2n) is 7.13. The van der Waals surface area contributed by atoms with Crippen molar-refractivity contribution in [2.24, 2.45) is 0 Å². The molecule has 0 atom stereocenters. The summed E-state index contributed by atoms with van der Waals surface area (Å²) < 4.78 is 17.0. The minimum Gasteiger partial charge on any atom is -0.497 e. The standard InChI is InChI=1S/C26H19Cl2IN2O5/c1-3-35-23-12-15(10-17(14-30)25(32)31-18-6-9-20(27)21(28)13-18)11-22(29)24(23)36-26(33)16-4-7-19(34-2)8-5-16/h4-13H,3H2,1-2H3,(H,31,32)/b17-10+. The zero-order chi connectivity index (χ0) is 26.2. The van der Waals surface area contributed by atoms with Gasteiger partial charge >= 0.3 is 5.97 Å². The van der Waals surface area contributed by atoms with E-state index >= 15 is 0 Å². The highest BCUT2D eigenvalue weighted by atomic mass is 127. The summed E-state index contributed by atoms with van der Waals surface area (Å²) in [4.78, 5) is 25.4. The highest BCUT2D eigenvalue weighted by Gasteiger charge is 2.18. The lowest BCUT2D eigenvalue weighted by molar-refractivity contribution is -0.112. The molecule has 0 spiro atoms. The third-order valence-electron chi connectivity index (χ3n) is 4.71. The Morgan fingerprint density at radius 2 is 1.81 bits per heavy atom. The fourth-order valence-corrected chi connectivity index (χ4v) is 4.03. The monoisotopic (exact) mass is 636 g/mol. The van der Waals surface area contributed by atoms with Gasteiger partial charge in [0.15, 0.2) is 11.5 Å². The van der Waals surface area contributed by atoms with Gasteiger partial charge in [-0.2, -0.15) is 5.26 Å². The van der Waals surface area contributed by atoms with Gasteiger partial charge in [0, 0.05) is 5.69 Å². The van der Waals surface area contributed by atoms with Crippen molar-refractivity contribution in [2.75, 3.05) is 19.0 Å². The number of amides is 1. The Morgan fingerprint density at radius 1 is 1.08 bits per heavy atom. The molecule has 0 heterocycles. The molecule has 0 bridgehead atoms. The average Bonchev–Trinajstić information content (AvgIpc) is 2.86. The van der Waals surface area contributed by atoms with E-state index in [2.05, 4.69) is 5.32 Å². The molecular formula is C26H19Cl2IN2O5. The van der Waals surface area contributed by atoms with Crippen LogP contribution in [0.2, 0.25) is 10.0 Å². The molecule has 3 rings (SSSR count). The smallest absolute Gasteiger partial charge is 0.343 e. The van der Waals surface area contributed by atoms with Crippen LogP contribution in [-0.4, -0.2) is 25.6 Å². The van der Waals surface area contributed by atoms with Crippen LogP contribution in [0.3, 0.4) is 0 Å². The van der Waals surface area contributed by atoms with Gasteiger partial charge < -0.3 is 19.5 Å². The Kier molecular flexibility index (Phi) is 9.58. The molecule has 0 aliphatic heterocycles. The van der Waals surface area contributed by atoms with Gasteiger partial charge in [0.25, 0.3) is 5.91 Å². The molecule has 0 fully saturated rings. The first-order chi connectivity index (χ1) is 17.2. The molecule has 1 amide bonds. The van der Waals surface area contributed by atoms with E-state index in [1.807, 2.05) is 28.7 Å². The summed E-state index contributed by atoms with van der Waals surface area (Å²) in [5.41, 5.74) is 1.08. The van der Waals surface area contributed by atoms with Crippen molar-refractivity contribution in [2.45, 2.75) is 6.92 Å². The summed E-state index contributed by atoms with van der Waals surface area (Å²) in [5.74, 6) is -0.0601. The molecule has 0 aliphatic carbocycles. The summed E-state index contributed by atoms with van der Waals surface area (Å²) in [6.45, 7) is 2.09. The zero-order valence-electron chi connectivity index (χ0n) is 19.1. The molecule has 0 saturated heterocycles. The van der Waals surface area contributed by atoms with Crippen molar-refractivity contribution in [3.63, 3.8) is 0 Å². The largest absolute Gasteiger partial charge is 0.497 e. The Balaban J connectivity index is 1.87. The maximum Gasteiger partial charge on any atom is 0.343 e. The van der Waals surface area contributed by atoms with Crippen LogP contribution < -0.4 is 19.5 Å². The molecule has 0 unspecified atom stereocenters. The normalized spacial score (nSPS) is 10.8. The molecule has 36 heavy (non-hydrogen) atoms. The number of ether oxygens (including phenoxy) is 3. The van der Waals surface area contributed by atoms with Crippen molar-refractivity contribution in [3.05, 3.63) is 84.9 Å². The SMILES string of the molecule is CCOc1cc(/C=C(\C#N)C(=O)Nc2ccc(Cl)c(Cl)c2)cc(I)c1OC(=O)c1ccc(OC)cc1. The van der Waals surface area contributed by atoms with Crippen LogP contribution in [0.25, 0.3) is 6.08 Å². The van der Waals surface area contributed by atoms with Crippen LogP contribution in [0.15, 0.2) is 60.2 Å². The lowest BCUT2D eigenvalue weighted by atomic mass is 10.1. The first-order valence-electron chi connectivity index (χ1n) is 10.5. The molecular weight excluding hydrogens is 618 g/mol. The van der Waals surface area contributed by atoms with Gasteiger partial charge in [-0.3, -0.25) is 4.79 Å². The lowest BCUT2D eigenvalue weighted by Gasteiger charge is -2.14. The van der Waals surface area contributed by atoms with E-state index in [1.54, 1.807) is 49.4 Å². The lowest BCUT2D eigenvalue weighted by Crippen LogP contribution is -2.13. The maximum atomic E-state index is 12.7. The summed E-state index contributed by atoms with van der Waals surface area (Å²) in [7, 11) is 1.54. The summed E-state index contributed by atoms with van der Waals surface area (Å²) >= 11 is 13.9. The van der Waals surface area contributed by atoms with E-state index in [-0.39, 0.29) is 16.3 Å². The molecule has 0 saturated carbocycles. The van der Waals surface area contributed by atoms with E-state index < -0.39 is 11.9 Å². The zero-order valence-corrected chi connectivity index (χ0v) is 22.8. The second kappa shape index (κ2) is 12.6. The van der Waals surface area contributed by atoms with Gasteiger partial charge in [-0.05, 0) is 95.8 Å². The molecule has 7 nitrogen and oxygen atoms in total. The maximum absolute atomic E-state index is 12.7. The highest BCUT2D eigenvalue weighted by molar-refractivity contribution is 14.1. The first kappa shape index (κ1) is 27.3. The molecule has 0 aliphatic rings. The Bertz CT molecular complexity index is 1370. The number of halogens is 3. The van der Waals surface area contributed by atoms with Crippen LogP contribution in [0.4, 0.5) is 5.69 Å². The molecule has 1 N–H and O–H groups in total. The van der Waals surface area contributed by atoms with Crippen LogP contribution in [0.1, 0.15) is 22.8 Å². The fraction of sp³-hybridized carbons (Fsp3) is 0.115. The second-order valence-corrected chi connectivity index (χ2v) is 9.11. The van der Waals surface area contributed by atoms with E-state index in [9.17, 15) is 14.9 Å². The number of hydrogen-bond acceptors (Lipinski definition) is 6. The van der Waals surface area contributed by atoms with Gasteiger partial charge in [0.05, 0.1) is 32.9 Å². The van der Waals surface area contributed by atoms with Gasteiger partial charge in [0.1, 0.15) is 17.4 Å². The van der Waals surface area contributed by atoms with Crippen LogP contribution in [0, 0.1) is 14.9 Å². The van der Waals surface area contributed by atoms with Gasteiger partial charge in [0.2, 0.25) is 0 Å². The van der Waals surface area contributed by atoms with Gasteiger partial charge in [-0.25, -0.2) is 4.79 Å². The van der Waals surface area contributed by atoms with Crippen LogP contribution in [-0.2, 0) is 4.79 Å². The average molecular weight is 637 g/mol. The number of rotatable bonds is 8. The Hall–Kier alpha value is -3.26. The summed E-state index contributed by atoms with van der Waals surface area (Å²) in [5, 5.41) is 12.8. The molecule has 0 radical (unpaired) electrons. The highest BCUT2D eigenvalue weighted by Crippen LogP contribution is 2.36. The summed E-state index contributed by atoms with van der Waals surface area (Å²) in [6.07, 6.45) is 1.41. The fourth-order valence-electron chi connectivity index (χ4n) is 3.00. The van der Waals surface area contributed by atoms with E-state index in [1.165, 1.54) is 25.3 Å². The molecule has 184 valence electrons. The number of nitrogens with one attached hydrogen (secondary N) is 1. The minimum absolute atomic E-state index is 0.151. The van der Waals surface area contributed by atoms with Crippen LogP contribution in [0.5, 0.6) is 17.2 Å². The minimum atomic E-state index is -0.626. The van der Waals surface area contributed by atoms with E-state index in [0.717, 1.165) is 0 Å². The van der Waals surface area contributed by atoms with Crippen molar-refractivity contribution in [1.82, 2.24) is 0 Å². The number of methoxy groups -OCH3 is 1. The molecule has 10 heteroatoms. The Morgan fingerprint density at radius 3 is 2.42 bits per heavy atom. The van der Waals surface area contributed by atoms with Crippen molar-refractivity contribution in [3.8, 4) is 23.3 Å². The predicted octanol–water partition coefficient (Wildman–Crippen LogP) is 6.77. The predicted molar refractivity (Wildman–Crippen MR) is 147 cm³/mol. The van der Waals surface area contributed by atoms with Crippen molar-refractivity contribution >= 4 is 69.4 Å². The number of carbonyl (C=O) groups is 2. The van der Waals surface area contributed by atoms with Crippen LogP contribution >= 0.6 is 45.8 Å².